The maximum absolute atomic E-state index is 12.8. The van der Waals surface area contributed by atoms with Gasteiger partial charge in [-0.15, -0.1) is 34.0 Å². The largest absolute Gasteiger partial charge is 0.322 e. The first-order valence-corrected chi connectivity index (χ1v) is 52.8. The van der Waals surface area contributed by atoms with E-state index in [1.54, 1.807) is 155 Å². The molecule has 12 amide bonds. The Morgan fingerprint density at radius 1 is 0.387 bits per heavy atom. The zero-order valence-corrected chi connectivity index (χ0v) is 87.6. The molecule has 0 radical (unpaired) electrons. The third kappa shape index (κ3) is 25.0. The van der Waals surface area contributed by atoms with Crippen molar-refractivity contribution < 1.29 is 37.5 Å². The summed E-state index contributed by atoms with van der Waals surface area (Å²) in [5.41, 5.74) is 22.6. The summed E-state index contributed by atoms with van der Waals surface area (Å²) in [4.78, 5) is 99.9. The number of hydrogen-bond acceptors (Lipinski definition) is 21. The maximum Gasteiger partial charge on any atom is 0.322 e. The van der Waals surface area contributed by atoms with Crippen LogP contribution < -0.4 is 31.9 Å². The van der Waals surface area contributed by atoms with Gasteiger partial charge in [-0.1, -0.05) is 136 Å². The minimum absolute atomic E-state index is 0.0770. The average Bonchev–Trinajstić information content (AvgIpc) is 1.58. The smallest absolute Gasteiger partial charge is 0.320 e. The second-order valence-electron chi connectivity index (χ2n) is 34.9. The van der Waals surface area contributed by atoms with E-state index >= 15 is 0 Å². The van der Waals surface area contributed by atoms with E-state index in [0.717, 1.165) is 166 Å². The van der Waals surface area contributed by atoms with Crippen LogP contribution in [0.15, 0.2) is 229 Å². The van der Waals surface area contributed by atoms with Gasteiger partial charge in [0, 0.05) is 256 Å². The Balaban J connectivity index is 0.000000113. The highest BCUT2D eigenvalue weighted by molar-refractivity contribution is 7.13. The summed E-state index contributed by atoms with van der Waals surface area (Å²) >= 11 is 41.2. The van der Waals surface area contributed by atoms with Gasteiger partial charge in [0.2, 0.25) is 0 Å². The number of urea groups is 6. The van der Waals surface area contributed by atoms with Crippen LogP contribution in [0.1, 0.15) is 97.0 Å². The van der Waals surface area contributed by atoms with Crippen LogP contribution in [0.3, 0.4) is 0 Å². The lowest BCUT2D eigenvalue weighted by molar-refractivity contribution is 0.151. The zero-order chi connectivity index (χ0) is 104. The summed E-state index contributed by atoms with van der Waals surface area (Å²) in [6.07, 6.45) is 8.76. The molecule has 6 aliphatic heterocycles. The molecule has 0 saturated heterocycles. The summed E-state index contributed by atoms with van der Waals surface area (Å²) in [7, 11) is 0. The van der Waals surface area contributed by atoms with Crippen molar-refractivity contribution in [1.29, 1.82) is 0 Å². The fourth-order valence-corrected chi connectivity index (χ4v) is 21.3. The van der Waals surface area contributed by atoms with Crippen molar-refractivity contribution in [3.8, 4) is 61.1 Å². The maximum atomic E-state index is 12.8. The van der Waals surface area contributed by atoms with Crippen LogP contribution >= 0.6 is 115 Å². The molecule has 0 bridgehead atoms. The molecule has 0 aliphatic carbocycles. The second kappa shape index (κ2) is 47.5. The number of benzene rings is 7. The predicted octanol–water partition coefficient (Wildman–Crippen LogP) is 24.1. The summed E-state index contributed by atoms with van der Waals surface area (Å²) in [5, 5.41) is 76.7. The summed E-state index contributed by atoms with van der Waals surface area (Å²) in [5.74, 6) is 0.732. The number of carbonyl (C=O) groups excluding carboxylic acids is 6. The molecule has 1 atom stereocenters. The second-order valence-corrected chi connectivity index (χ2v) is 41.2. The first-order valence-electron chi connectivity index (χ1n) is 47.2. The van der Waals surface area contributed by atoms with Crippen molar-refractivity contribution >= 4 is 185 Å². The quantitative estimate of drug-likeness (QED) is 0.0510. The third-order valence-corrected chi connectivity index (χ3v) is 29.6. The number of aryl methyl sites for hydroxylation is 1. The molecule has 6 aliphatic rings. The molecule has 18 aromatic rings. The molecule has 17 heterocycles. The number of aromatic amines is 6. The van der Waals surface area contributed by atoms with Crippen molar-refractivity contribution in [2.45, 2.75) is 97.6 Å². The van der Waals surface area contributed by atoms with Crippen molar-refractivity contribution in [2.75, 3.05) is 71.2 Å². The van der Waals surface area contributed by atoms with Gasteiger partial charge >= 0.3 is 36.2 Å². The number of nitrogens with zero attached hydrogens (tertiary/aromatic N) is 18. The van der Waals surface area contributed by atoms with Crippen LogP contribution in [0.5, 0.6) is 0 Å². The van der Waals surface area contributed by atoms with Crippen molar-refractivity contribution in [3.05, 3.63) is 337 Å². The molecule has 7 aromatic carbocycles. The van der Waals surface area contributed by atoms with Crippen molar-refractivity contribution in [2.24, 2.45) is 0 Å². The predicted molar refractivity (Wildman–Crippen MR) is 580 cm³/mol. The number of amides is 12. The van der Waals surface area contributed by atoms with Crippen molar-refractivity contribution in [1.82, 2.24) is 120 Å². The van der Waals surface area contributed by atoms with Gasteiger partial charge in [-0.25, -0.2) is 61.6 Å². The Morgan fingerprint density at radius 3 is 1.16 bits per heavy atom. The number of thiazole rings is 3. The molecule has 36 nitrogen and oxygen atoms in total. The molecule has 11 aromatic heterocycles. The molecule has 12 N–H and O–H groups in total. The fourth-order valence-electron chi connectivity index (χ4n) is 17.7. The summed E-state index contributed by atoms with van der Waals surface area (Å²) in [6.45, 7) is 10.0. The van der Waals surface area contributed by atoms with E-state index in [4.69, 9.17) is 69.6 Å². The molecule has 24 rings (SSSR count). The van der Waals surface area contributed by atoms with Gasteiger partial charge in [0.05, 0.1) is 54.3 Å². The molecule has 0 spiro atoms. The topological polar surface area (TPSA) is 435 Å². The monoisotopic (exact) mass is 2210 g/mol. The number of fused-ring (bicyclic) bond motifs is 6. The number of alkyl halides is 2. The molecule has 0 saturated carbocycles. The first kappa shape index (κ1) is 103. The number of rotatable bonds is 13. The fraction of sp³-hybridized carbons (Fsp3) is 0.206. The Labute approximate surface area is 902 Å². The lowest BCUT2D eigenvalue weighted by Gasteiger charge is -2.33. The lowest BCUT2D eigenvalue weighted by atomic mass is 9.95. The van der Waals surface area contributed by atoms with Crippen LogP contribution in [-0.4, -0.2) is 195 Å². The molecule has 150 heavy (non-hydrogen) atoms. The van der Waals surface area contributed by atoms with E-state index < -0.39 is 6.43 Å². The Morgan fingerprint density at radius 2 is 0.767 bits per heavy atom. The van der Waals surface area contributed by atoms with Crippen molar-refractivity contribution in [3.63, 3.8) is 0 Å². The van der Waals surface area contributed by atoms with E-state index in [0.29, 0.717) is 154 Å². The highest BCUT2D eigenvalue weighted by Gasteiger charge is 2.36. The molecule has 1 unspecified atom stereocenters. The number of hydrogen-bond donors (Lipinski definition) is 12. The first-order chi connectivity index (χ1) is 72.8. The number of anilines is 6. The van der Waals surface area contributed by atoms with Crippen LogP contribution in [0.25, 0.3) is 61.1 Å². The Hall–Kier alpha value is -15.3. The van der Waals surface area contributed by atoms with Gasteiger partial charge in [-0.05, 0) is 147 Å². The van der Waals surface area contributed by atoms with Gasteiger partial charge < -0.3 is 61.3 Å². The SMILES string of the molecule is CC1c2c(-c3ccccc3)n[nH]c2CCN1C(=O)Nc1cccc(Cl)c1.Cc1nc(-c2n[nH]c3c2CN(C(=O)Nc2cccc(Cl)c2)CC3)cs1.O=C(Nc1cccc(Cl)c1)N1CCc2[nH]nc(-c3ccns3)c2C1.O=C(Nc1cccc(Cl)c1)N1CCc2[nH]nc(-c3csc(C(F)F)n3)c2C1.O=C(Nc1cccc(Cl)c1)N1CCc2[nH]nc(-c3nccs3)c2C1.O=C(Nc1cccc(Cl)c1)N1CCc2[nH]nc(-n3cccn3)c2C1. The molecule has 766 valence electrons. The summed E-state index contributed by atoms with van der Waals surface area (Å²) in [6, 6.07) is 55.3. The van der Waals surface area contributed by atoms with E-state index in [2.05, 4.69) is 118 Å². The number of carbonyl (C=O) groups is 6. The highest BCUT2D eigenvalue weighted by atomic mass is 35.5. The van der Waals surface area contributed by atoms with E-state index in [1.807, 2.05) is 133 Å². The zero-order valence-electron chi connectivity index (χ0n) is 79.8. The Bertz CT molecular complexity index is 7480. The number of halogens is 8. The van der Waals surface area contributed by atoms with E-state index in [9.17, 15) is 37.5 Å². The minimum Gasteiger partial charge on any atom is -0.320 e. The molecular weight excluding hydrogens is 2120 g/mol. The lowest BCUT2D eigenvalue weighted by Crippen LogP contribution is -2.41. The van der Waals surface area contributed by atoms with Gasteiger partial charge in [-0.2, -0.15) is 35.7 Å². The van der Waals surface area contributed by atoms with E-state index in [-0.39, 0.29) is 47.2 Å². The van der Waals surface area contributed by atoms with Gasteiger partial charge in [0.25, 0.3) is 6.43 Å². The minimum atomic E-state index is -2.61. The molecular formula is C102H92Cl6F2N30O6S4. The molecule has 0 fully saturated rings. The number of nitrogens with one attached hydrogen (secondary N) is 12. The Kier molecular flexibility index (Phi) is 32.7. The summed E-state index contributed by atoms with van der Waals surface area (Å²) < 4.78 is 31.5. The van der Waals surface area contributed by atoms with Crippen LogP contribution in [0.2, 0.25) is 30.1 Å². The van der Waals surface area contributed by atoms with Gasteiger partial charge in [-0.3, -0.25) is 30.6 Å². The third-order valence-electron chi connectivity index (χ3n) is 25.1. The van der Waals surface area contributed by atoms with Crippen LogP contribution in [0, 0.1) is 6.92 Å². The van der Waals surface area contributed by atoms with Gasteiger partial charge in [0.1, 0.15) is 39.2 Å². The molecule has 48 heteroatoms. The number of aromatic nitrogens is 18. The van der Waals surface area contributed by atoms with Crippen LogP contribution in [0.4, 0.5) is 71.7 Å². The van der Waals surface area contributed by atoms with E-state index in [1.165, 1.54) is 22.9 Å². The van der Waals surface area contributed by atoms with Gasteiger partial charge in [0.15, 0.2) is 10.8 Å². The number of H-pyrrole nitrogens is 6. The normalized spacial score (nSPS) is 14.1. The van der Waals surface area contributed by atoms with Crippen LogP contribution in [-0.2, 0) is 71.2 Å². The highest BCUT2D eigenvalue weighted by Crippen LogP contribution is 2.41. The standard InChI is InChI=1S/C20H19ClN4O.C17H14ClF2N5OS.C17H16ClN5OS.C16H15ClN6O.2C16H14ClN5OS/c1-13-18-17(23-24-19(18)14-6-3-2-4-7-14)10-11-25(13)20(26)22-16-9-5-8-15(21)12-16;18-9-2-1-3-10(6-9)21-17(26)25-5-4-12-11(7-25)14(24-23-12)13-8-27-16(22-13)15(19)20;1-10-19-15(9-25-10)16-13-8-23(6-5-14(13)21-22-16)17(24)20-12-4-2-3-11(18)7-12;17-11-3-1-4-12(9-11)19-16(24)22-8-5-14-13(10-22)15(21-20-14)23-7-2-6-18-23;17-10-2-1-3-11(8-10)19-16(23)22-7-5-13-12(9-22)15(21-20-13)14-4-6-18-24-14;17-10-2-1-3-11(8-10)19-16(23)22-6-4-13-12(9-22)14(21-20-13)15-18-5-7-24-15/h2-9,12-13H,10-11H2,1H3,(H,22,26)(H,23,24);1-3,6,8,15H,4-5,7H2,(H,21,26)(H,23,24);2-4,7,9H,5-6,8H2,1H3,(H,20,24)(H,21,22);1-4,6-7,9H,5,8,10H2,(H,19,24)(H,20,21);1-4,6,8H,5,7,9H2,(H,19,23)(H,20,21);1-3,5,7-8H,4,6,9H2,(H,19,23)(H,20,21). The average molecular weight is 2210 g/mol.